The highest BCUT2D eigenvalue weighted by Gasteiger charge is 2.33. The van der Waals surface area contributed by atoms with Gasteiger partial charge in [0.1, 0.15) is 11.9 Å². The second kappa shape index (κ2) is 9.34. The molecule has 7 heteroatoms. The second-order valence-corrected chi connectivity index (χ2v) is 8.05. The topological polar surface area (TPSA) is 67.2 Å². The number of hydrogen-bond acceptors (Lipinski definition) is 3. The smallest absolute Gasteiger partial charge is 0.275 e. The molecule has 0 bridgehead atoms. The summed E-state index contributed by atoms with van der Waals surface area (Å²) >= 11 is 0. The molecule has 1 aromatic heterocycles. The fourth-order valence-corrected chi connectivity index (χ4v) is 4.16. The van der Waals surface area contributed by atoms with E-state index in [1.54, 1.807) is 28.6 Å². The van der Waals surface area contributed by atoms with E-state index >= 15 is 0 Å². The highest BCUT2D eigenvalue weighted by Crippen LogP contribution is 2.29. The molecule has 1 N–H and O–H groups in total. The first-order valence-electron chi connectivity index (χ1n) is 11.0. The summed E-state index contributed by atoms with van der Waals surface area (Å²) in [5.74, 6) is -0.810. The van der Waals surface area contributed by atoms with Gasteiger partial charge in [0.25, 0.3) is 5.91 Å². The van der Waals surface area contributed by atoms with E-state index < -0.39 is 6.04 Å². The molecule has 32 heavy (non-hydrogen) atoms. The number of hydrogen-bond donors (Lipinski definition) is 1. The quantitative estimate of drug-likeness (QED) is 0.600. The number of halogens is 1. The van der Waals surface area contributed by atoms with Crippen LogP contribution in [0.25, 0.3) is 5.69 Å². The van der Waals surface area contributed by atoms with Crippen LogP contribution in [-0.4, -0.2) is 39.1 Å². The van der Waals surface area contributed by atoms with Crippen LogP contribution >= 0.6 is 0 Å². The molecule has 1 aliphatic carbocycles. The number of nitrogens with zero attached hydrogens (tertiary/aromatic N) is 3. The summed E-state index contributed by atoms with van der Waals surface area (Å²) in [6.07, 6.45) is 3.23. The van der Waals surface area contributed by atoms with Gasteiger partial charge in [0.15, 0.2) is 5.69 Å². The van der Waals surface area contributed by atoms with Gasteiger partial charge in [0.05, 0.1) is 5.69 Å². The van der Waals surface area contributed by atoms with E-state index in [9.17, 15) is 14.0 Å². The molecule has 0 saturated carbocycles. The van der Waals surface area contributed by atoms with Crippen molar-refractivity contribution < 1.29 is 14.0 Å². The maximum atomic E-state index is 13.6. The summed E-state index contributed by atoms with van der Waals surface area (Å²) in [6.45, 7) is 4.16. The van der Waals surface area contributed by atoms with E-state index in [2.05, 4.69) is 10.4 Å². The Hall–Kier alpha value is -3.48. The predicted octanol–water partition coefficient (Wildman–Crippen LogP) is 4.38. The molecular weight excluding hydrogens is 407 g/mol. The van der Waals surface area contributed by atoms with Crippen molar-refractivity contribution in [1.29, 1.82) is 0 Å². The van der Waals surface area contributed by atoms with Gasteiger partial charge >= 0.3 is 0 Å². The van der Waals surface area contributed by atoms with Crippen LogP contribution in [0.2, 0.25) is 0 Å². The van der Waals surface area contributed by atoms with E-state index in [4.69, 9.17) is 0 Å². The first-order chi connectivity index (χ1) is 15.5. The first kappa shape index (κ1) is 21.7. The molecule has 6 nitrogen and oxygen atoms in total. The van der Waals surface area contributed by atoms with Crippen LogP contribution in [0.1, 0.15) is 48.4 Å². The summed E-state index contributed by atoms with van der Waals surface area (Å²) in [5, 5.41) is 7.51. The lowest BCUT2D eigenvalue weighted by atomic mass is 10.1. The number of benzene rings is 2. The van der Waals surface area contributed by atoms with Crippen molar-refractivity contribution in [3.63, 3.8) is 0 Å². The van der Waals surface area contributed by atoms with Gasteiger partial charge < -0.3 is 10.2 Å². The van der Waals surface area contributed by atoms with Crippen molar-refractivity contribution in [2.75, 3.05) is 11.9 Å². The number of para-hydroxylation sites is 1. The minimum Gasteiger partial charge on any atom is -0.325 e. The lowest BCUT2D eigenvalue weighted by Gasteiger charge is -2.27. The number of aromatic nitrogens is 2. The number of carbonyl (C=O) groups is 2. The van der Waals surface area contributed by atoms with E-state index in [1.165, 1.54) is 12.1 Å². The zero-order valence-corrected chi connectivity index (χ0v) is 18.3. The van der Waals surface area contributed by atoms with Crippen LogP contribution < -0.4 is 5.32 Å². The van der Waals surface area contributed by atoms with Crippen LogP contribution in [0.4, 0.5) is 10.1 Å². The van der Waals surface area contributed by atoms with E-state index in [0.717, 1.165) is 42.6 Å². The third-order valence-corrected chi connectivity index (χ3v) is 5.82. The van der Waals surface area contributed by atoms with Gasteiger partial charge in [0.2, 0.25) is 5.91 Å². The molecular formula is C25H27FN4O2. The Balaban J connectivity index is 1.63. The average Bonchev–Trinajstić information content (AvgIpc) is 3.41. The Morgan fingerprint density at radius 1 is 1.12 bits per heavy atom. The molecule has 0 aliphatic heterocycles. The lowest BCUT2D eigenvalue weighted by molar-refractivity contribution is -0.120. The van der Waals surface area contributed by atoms with Gasteiger partial charge in [-0.1, -0.05) is 25.1 Å². The van der Waals surface area contributed by atoms with Gasteiger partial charge in [-0.3, -0.25) is 9.59 Å². The molecule has 1 aliphatic rings. The van der Waals surface area contributed by atoms with Crippen molar-refractivity contribution in [2.24, 2.45) is 0 Å². The molecule has 2 amide bonds. The SMILES string of the molecule is CCCN(C(=O)c1nn(-c2ccc(F)cc2)c2c1CCC2)C(C)C(=O)Nc1ccccc1. The Bertz CT molecular complexity index is 1110. The van der Waals surface area contributed by atoms with Gasteiger partial charge in [-0.15, -0.1) is 0 Å². The van der Waals surface area contributed by atoms with Crippen LogP contribution in [0.5, 0.6) is 0 Å². The number of nitrogens with one attached hydrogen (secondary N) is 1. The molecule has 166 valence electrons. The third kappa shape index (κ3) is 4.28. The van der Waals surface area contributed by atoms with Crippen LogP contribution in [-0.2, 0) is 17.6 Å². The zero-order valence-electron chi connectivity index (χ0n) is 18.3. The van der Waals surface area contributed by atoms with Gasteiger partial charge in [-0.2, -0.15) is 5.10 Å². The second-order valence-electron chi connectivity index (χ2n) is 8.05. The van der Waals surface area contributed by atoms with Crippen LogP contribution in [0.15, 0.2) is 54.6 Å². The molecule has 0 spiro atoms. The number of anilines is 1. The molecule has 1 atom stereocenters. The summed E-state index contributed by atoms with van der Waals surface area (Å²) < 4.78 is 15.1. The normalized spacial score (nSPS) is 13.5. The molecule has 0 saturated heterocycles. The maximum Gasteiger partial charge on any atom is 0.275 e. The highest BCUT2D eigenvalue weighted by molar-refractivity contribution is 6.01. The van der Waals surface area contributed by atoms with Crippen molar-refractivity contribution >= 4 is 17.5 Å². The summed E-state index contributed by atoms with van der Waals surface area (Å²) in [4.78, 5) is 28.1. The first-order valence-corrected chi connectivity index (χ1v) is 11.0. The Kier molecular flexibility index (Phi) is 6.35. The van der Waals surface area contributed by atoms with Crippen LogP contribution in [0.3, 0.4) is 0 Å². The van der Waals surface area contributed by atoms with Gasteiger partial charge in [-0.05, 0) is 69.0 Å². The standard InChI is InChI=1S/C25H27FN4O2/c1-3-16-29(17(2)24(31)27-19-8-5-4-6-9-19)25(32)23-21-10-7-11-22(21)30(28-23)20-14-12-18(26)13-15-20/h4-6,8-9,12-15,17H,3,7,10-11,16H2,1-2H3,(H,27,31). The largest absolute Gasteiger partial charge is 0.325 e. The molecule has 3 aromatic rings. The van der Waals surface area contributed by atoms with Crippen molar-refractivity contribution in [2.45, 2.75) is 45.6 Å². The molecule has 4 rings (SSSR count). The van der Waals surface area contributed by atoms with Crippen molar-refractivity contribution in [3.05, 3.63) is 77.4 Å². The van der Waals surface area contributed by atoms with Crippen molar-refractivity contribution in [1.82, 2.24) is 14.7 Å². The van der Waals surface area contributed by atoms with E-state index in [1.807, 2.05) is 37.3 Å². The van der Waals surface area contributed by atoms with E-state index in [-0.39, 0.29) is 17.6 Å². The number of carbonyl (C=O) groups excluding carboxylic acids is 2. The molecule has 2 aromatic carbocycles. The van der Waals surface area contributed by atoms with Crippen molar-refractivity contribution in [3.8, 4) is 5.69 Å². The zero-order chi connectivity index (χ0) is 22.7. The third-order valence-electron chi connectivity index (χ3n) is 5.82. The highest BCUT2D eigenvalue weighted by atomic mass is 19.1. The Morgan fingerprint density at radius 2 is 1.84 bits per heavy atom. The fourth-order valence-electron chi connectivity index (χ4n) is 4.16. The Morgan fingerprint density at radius 3 is 2.53 bits per heavy atom. The fraction of sp³-hybridized carbons (Fsp3) is 0.320. The average molecular weight is 435 g/mol. The van der Waals surface area contributed by atoms with Crippen LogP contribution in [0, 0.1) is 5.82 Å². The molecule has 0 fully saturated rings. The minimum atomic E-state index is -0.657. The Labute approximate surface area is 187 Å². The maximum absolute atomic E-state index is 13.6. The summed E-state index contributed by atoms with van der Waals surface area (Å²) in [5.41, 5.74) is 3.71. The lowest BCUT2D eigenvalue weighted by Crippen LogP contribution is -2.46. The molecule has 1 unspecified atom stereocenters. The minimum absolute atomic E-state index is 0.243. The predicted molar refractivity (Wildman–Crippen MR) is 121 cm³/mol. The summed E-state index contributed by atoms with van der Waals surface area (Å²) in [7, 11) is 0. The number of fused-ring (bicyclic) bond motifs is 1. The molecule has 0 radical (unpaired) electrons. The molecule has 1 heterocycles. The van der Waals surface area contributed by atoms with Gasteiger partial charge in [0, 0.05) is 23.5 Å². The van der Waals surface area contributed by atoms with Gasteiger partial charge in [-0.25, -0.2) is 9.07 Å². The summed E-state index contributed by atoms with van der Waals surface area (Å²) in [6, 6.07) is 14.6. The number of amides is 2. The van der Waals surface area contributed by atoms with E-state index in [0.29, 0.717) is 17.9 Å². The monoisotopic (exact) mass is 434 g/mol. The number of rotatable bonds is 7.